The summed E-state index contributed by atoms with van der Waals surface area (Å²) in [4.78, 5) is 1.33. The predicted molar refractivity (Wildman–Crippen MR) is 83.8 cm³/mol. The van der Waals surface area contributed by atoms with E-state index in [0.717, 1.165) is 12.0 Å². The normalized spacial score (nSPS) is 15.0. The Morgan fingerprint density at radius 1 is 1.25 bits per heavy atom. The minimum atomic E-state index is -3.37. The molecule has 0 saturated carbocycles. The molecule has 0 radical (unpaired) electrons. The molecule has 0 amide bonds. The summed E-state index contributed by atoms with van der Waals surface area (Å²) in [5.41, 5.74) is 2.36. The summed E-state index contributed by atoms with van der Waals surface area (Å²) < 4.78 is 27.1. The molecular weight excluding hydrogens is 310 g/mol. The molecule has 106 valence electrons. The highest BCUT2D eigenvalue weighted by molar-refractivity contribution is 7.99. The molecule has 20 heavy (non-hydrogen) atoms. The third-order valence-corrected chi connectivity index (χ3v) is 7.20. The SMILES string of the molecule is O=S(=O)(NCc1ccc2c(c1)CCCS2)c1cccs1. The fraction of sp³-hybridized carbons (Fsp3) is 0.286. The summed E-state index contributed by atoms with van der Waals surface area (Å²) in [5.74, 6) is 1.18. The van der Waals surface area contributed by atoms with Crippen molar-refractivity contribution in [2.45, 2.75) is 28.5 Å². The third-order valence-electron chi connectivity index (χ3n) is 3.20. The molecule has 0 unspecified atom stereocenters. The average molecular weight is 325 g/mol. The van der Waals surface area contributed by atoms with Crippen LogP contribution >= 0.6 is 23.1 Å². The van der Waals surface area contributed by atoms with Crippen molar-refractivity contribution in [1.82, 2.24) is 4.72 Å². The van der Waals surface area contributed by atoms with Crippen LogP contribution in [0.3, 0.4) is 0 Å². The Morgan fingerprint density at radius 3 is 2.95 bits per heavy atom. The van der Waals surface area contributed by atoms with Gasteiger partial charge in [-0.05, 0) is 47.2 Å². The van der Waals surface area contributed by atoms with Crippen LogP contribution in [0.4, 0.5) is 0 Å². The van der Waals surface area contributed by atoms with Gasteiger partial charge in [0.2, 0.25) is 10.0 Å². The van der Waals surface area contributed by atoms with E-state index in [1.165, 1.54) is 34.0 Å². The molecule has 2 aromatic rings. The molecule has 1 aliphatic rings. The highest BCUT2D eigenvalue weighted by atomic mass is 32.2. The van der Waals surface area contributed by atoms with Crippen molar-refractivity contribution in [3.63, 3.8) is 0 Å². The van der Waals surface area contributed by atoms with Crippen molar-refractivity contribution in [3.8, 4) is 0 Å². The second-order valence-electron chi connectivity index (χ2n) is 4.65. The van der Waals surface area contributed by atoms with Gasteiger partial charge in [-0.1, -0.05) is 18.2 Å². The number of aryl methyl sites for hydroxylation is 1. The second kappa shape index (κ2) is 5.89. The first kappa shape index (κ1) is 14.1. The molecule has 1 N–H and O–H groups in total. The molecular formula is C14H15NO2S3. The number of thioether (sulfide) groups is 1. The fourth-order valence-corrected chi connectivity index (χ4v) is 5.26. The number of fused-ring (bicyclic) bond motifs is 1. The lowest BCUT2D eigenvalue weighted by Crippen LogP contribution is -2.22. The first-order valence-corrected chi connectivity index (χ1v) is 9.78. The largest absolute Gasteiger partial charge is 0.250 e. The molecule has 0 bridgehead atoms. The lowest BCUT2D eigenvalue weighted by Gasteiger charge is -2.16. The third kappa shape index (κ3) is 3.09. The van der Waals surface area contributed by atoms with Gasteiger partial charge in [0, 0.05) is 11.4 Å². The lowest BCUT2D eigenvalue weighted by atomic mass is 10.1. The van der Waals surface area contributed by atoms with Gasteiger partial charge in [-0.3, -0.25) is 0 Å². The van der Waals surface area contributed by atoms with Crippen molar-refractivity contribution in [2.24, 2.45) is 0 Å². The Morgan fingerprint density at radius 2 is 2.15 bits per heavy atom. The van der Waals surface area contributed by atoms with Crippen molar-refractivity contribution >= 4 is 33.1 Å². The standard InChI is InChI=1S/C14H15NO2S3/c16-20(17,14-4-2-8-19-14)15-10-11-5-6-13-12(9-11)3-1-7-18-13/h2,4-6,8-9,15H,1,3,7,10H2. The van der Waals surface area contributed by atoms with Gasteiger partial charge in [-0.15, -0.1) is 23.1 Å². The zero-order chi connectivity index (χ0) is 14.0. The zero-order valence-electron chi connectivity index (χ0n) is 10.8. The van der Waals surface area contributed by atoms with Crippen LogP contribution < -0.4 is 4.72 Å². The van der Waals surface area contributed by atoms with Gasteiger partial charge in [-0.2, -0.15) is 0 Å². The molecule has 2 heterocycles. The fourth-order valence-electron chi connectivity index (χ4n) is 2.19. The second-order valence-corrected chi connectivity index (χ2v) is 8.73. The van der Waals surface area contributed by atoms with E-state index in [9.17, 15) is 8.42 Å². The maximum Gasteiger partial charge on any atom is 0.250 e. The van der Waals surface area contributed by atoms with Crippen molar-refractivity contribution < 1.29 is 8.42 Å². The monoisotopic (exact) mass is 325 g/mol. The van der Waals surface area contributed by atoms with Crippen molar-refractivity contribution in [2.75, 3.05) is 5.75 Å². The molecule has 1 aromatic carbocycles. The smallest absolute Gasteiger partial charge is 0.206 e. The summed E-state index contributed by atoms with van der Waals surface area (Å²) in [6.07, 6.45) is 2.29. The van der Waals surface area contributed by atoms with Crippen LogP contribution in [0.15, 0.2) is 44.8 Å². The van der Waals surface area contributed by atoms with Gasteiger partial charge in [-0.25, -0.2) is 13.1 Å². The van der Waals surface area contributed by atoms with E-state index in [1.54, 1.807) is 17.5 Å². The van der Waals surface area contributed by atoms with Crippen LogP contribution in [0, 0.1) is 0 Å². The van der Waals surface area contributed by atoms with Crippen LogP contribution in [-0.4, -0.2) is 14.2 Å². The number of benzene rings is 1. The minimum absolute atomic E-state index is 0.345. The Bertz CT molecular complexity index is 693. The van der Waals surface area contributed by atoms with E-state index < -0.39 is 10.0 Å². The number of sulfonamides is 1. The van der Waals surface area contributed by atoms with Crippen LogP contribution in [0.1, 0.15) is 17.5 Å². The van der Waals surface area contributed by atoms with Gasteiger partial charge in [0.1, 0.15) is 4.21 Å². The Balaban J connectivity index is 1.73. The first-order chi connectivity index (χ1) is 9.65. The summed E-state index contributed by atoms with van der Waals surface area (Å²) in [7, 11) is -3.37. The maximum absolute atomic E-state index is 12.1. The quantitative estimate of drug-likeness (QED) is 0.938. The van der Waals surface area contributed by atoms with E-state index >= 15 is 0 Å². The first-order valence-electron chi connectivity index (χ1n) is 6.43. The number of hydrogen-bond acceptors (Lipinski definition) is 4. The van der Waals surface area contributed by atoms with E-state index in [1.807, 2.05) is 17.8 Å². The van der Waals surface area contributed by atoms with Gasteiger partial charge >= 0.3 is 0 Å². The zero-order valence-corrected chi connectivity index (χ0v) is 13.3. The molecule has 0 saturated heterocycles. The van der Waals surface area contributed by atoms with Gasteiger partial charge in [0.25, 0.3) is 0 Å². The van der Waals surface area contributed by atoms with Gasteiger partial charge in [0.15, 0.2) is 0 Å². The molecule has 1 aromatic heterocycles. The Kier molecular flexibility index (Phi) is 4.16. The molecule has 0 spiro atoms. The van der Waals surface area contributed by atoms with Gasteiger partial charge in [0.05, 0.1) is 0 Å². The maximum atomic E-state index is 12.1. The number of thiophene rings is 1. The van der Waals surface area contributed by atoms with Crippen LogP contribution in [0.5, 0.6) is 0 Å². The number of nitrogens with one attached hydrogen (secondary N) is 1. The van der Waals surface area contributed by atoms with E-state index in [-0.39, 0.29) is 0 Å². The Hall–Kier alpha value is -0.820. The molecule has 0 fully saturated rings. The van der Waals surface area contributed by atoms with Crippen LogP contribution in [0.25, 0.3) is 0 Å². The van der Waals surface area contributed by atoms with Crippen LogP contribution in [0.2, 0.25) is 0 Å². The molecule has 3 rings (SSSR count). The van der Waals surface area contributed by atoms with E-state index in [2.05, 4.69) is 16.9 Å². The summed E-state index contributed by atoms with van der Waals surface area (Å²) in [6.45, 7) is 0.345. The molecule has 0 atom stereocenters. The molecule has 1 aliphatic heterocycles. The highest BCUT2D eigenvalue weighted by Crippen LogP contribution is 2.30. The van der Waals surface area contributed by atoms with Crippen LogP contribution in [-0.2, 0) is 23.0 Å². The highest BCUT2D eigenvalue weighted by Gasteiger charge is 2.15. The summed E-state index contributed by atoms with van der Waals surface area (Å²) >= 11 is 3.12. The summed E-state index contributed by atoms with van der Waals surface area (Å²) in [6, 6.07) is 9.60. The molecule has 0 aliphatic carbocycles. The average Bonchev–Trinajstić information content (AvgIpc) is 3.00. The topological polar surface area (TPSA) is 46.2 Å². The Labute approximate surface area is 127 Å². The van der Waals surface area contributed by atoms with E-state index in [0.29, 0.717) is 10.8 Å². The van der Waals surface area contributed by atoms with Gasteiger partial charge < -0.3 is 0 Å². The van der Waals surface area contributed by atoms with Crippen molar-refractivity contribution in [1.29, 1.82) is 0 Å². The minimum Gasteiger partial charge on any atom is -0.206 e. The van der Waals surface area contributed by atoms with E-state index in [4.69, 9.17) is 0 Å². The lowest BCUT2D eigenvalue weighted by molar-refractivity contribution is 0.583. The number of hydrogen-bond donors (Lipinski definition) is 1. The van der Waals surface area contributed by atoms with Crippen molar-refractivity contribution in [3.05, 3.63) is 46.8 Å². The molecule has 3 nitrogen and oxygen atoms in total. The molecule has 6 heteroatoms. The number of rotatable bonds is 4. The summed E-state index contributed by atoms with van der Waals surface area (Å²) in [5, 5.41) is 1.77. The predicted octanol–water partition coefficient (Wildman–Crippen LogP) is 3.26.